The zero-order valence-electron chi connectivity index (χ0n) is 8.60. The standard InChI is InChI=1S/C9H16N4O/c1-6-5-11-9-12(2)8(14)7(10)3-4-13(6)9/h6-7H,3-5,10H2,1-2H3. The van der Waals surface area contributed by atoms with Gasteiger partial charge in [0.25, 0.3) is 0 Å². The Kier molecular flexibility index (Phi) is 2.19. The predicted octanol–water partition coefficient (Wildman–Crippen LogP) is -0.764. The molecule has 1 saturated heterocycles. The van der Waals surface area contributed by atoms with E-state index in [0.29, 0.717) is 12.5 Å². The van der Waals surface area contributed by atoms with Crippen molar-refractivity contribution in [2.24, 2.45) is 10.7 Å². The van der Waals surface area contributed by atoms with Crippen molar-refractivity contribution < 1.29 is 4.79 Å². The number of hydrogen-bond donors (Lipinski definition) is 1. The van der Waals surface area contributed by atoms with Crippen LogP contribution in [0.3, 0.4) is 0 Å². The van der Waals surface area contributed by atoms with Crippen LogP contribution < -0.4 is 5.73 Å². The topological polar surface area (TPSA) is 61.9 Å². The minimum absolute atomic E-state index is 0.0275. The van der Waals surface area contributed by atoms with Crippen LogP contribution in [0.2, 0.25) is 0 Å². The molecule has 2 heterocycles. The molecule has 5 heteroatoms. The fourth-order valence-corrected chi connectivity index (χ4v) is 1.97. The van der Waals surface area contributed by atoms with Gasteiger partial charge in [-0.25, -0.2) is 0 Å². The molecule has 2 aliphatic rings. The van der Waals surface area contributed by atoms with Gasteiger partial charge in [-0.05, 0) is 13.3 Å². The Labute approximate surface area is 83.6 Å². The first-order valence-corrected chi connectivity index (χ1v) is 4.95. The maximum Gasteiger partial charge on any atom is 0.245 e. The lowest BCUT2D eigenvalue weighted by Gasteiger charge is -2.26. The summed E-state index contributed by atoms with van der Waals surface area (Å²) in [5.74, 6) is 0.760. The van der Waals surface area contributed by atoms with Crippen molar-refractivity contribution in [3.63, 3.8) is 0 Å². The molecule has 2 N–H and O–H groups in total. The normalized spacial score (nSPS) is 32.8. The molecule has 2 unspecified atom stereocenters. The third-order valence-electron chi connectivity index (χ3n) is 2.91. The summed E-state index contributed by atoms with van der Waals surface area (Å²) in [4.78, 5) is 19.8. The molecular formula is C9H16N4O. The second-order valence-corrected chi connectivity index (χ2v) is 3.98. The SMILES string of the molecule is CC1CN=C2N(C)C(=O)C(N)CCN21. The van der Waals surface area contributed by atoms with Crippen molar-refractivity contribution in [1.82, 2.24) is 9.80 Å². The number of carbonyl (C=O) groups excluding carboxylic acids is 1. The van der Waals surface area contributed by atoms with Crippen LogP contribution in [0, 0.1) is 0 Å². The van der Waals surface area contributed by atoms with Crippen molar-refractivity contribution in [2.75, 3.05) is 20.1 Å². The van der Waals surface area contributed by atoms with Crippen molar-refractivity contribution in [2.45, 2.75) is 25.4 Å². The zero-order valence-corrected chi connectivity index (χ0v) is 8.60. The summed E-state index contributed by atoms with van der Waals surface area (Å²) in [6.07, 6.45) is 0.715. The Balaban J connectivity index is 2.27. The molecule has 2 rings (SSSR count). The Bertz CT molecular complexity index is 289. The molecule has 78 valence electrons. The monoisotopic (exact) mass is 196 g/mol. The zero-order chi connectivity index (χ0) is 10.3. The molecular weight excluding hydrogens is 180 g/mol. The number of likely N-dealkylation sites (N-methyl/N-ethyl adjacent to an activating group) is 1. The van der Waals surface area contributed by atoms with E-state index in [0.717, 1.165) is 19.0 Å². The highest BCUT2D eigenvalue weighted by Crippen LogP contribution is 2.17. The van der Waals surface area contributed by atoms with Crippen LogP contribution in [0.5, 0.6) is 0 Å². The maximum absolute atomic E-state index is 11.7. The third-order valence-corrected chi connectivity index (χ3v) is 2.91. The number of guanidine groups is 1. The van der Waals surface area contributed by atoms with E-state index >= 15 is 0 Å². The van der Waals surface area contributed by atoms with E-state index in [1.165, 1.54) is 0 Å². The first-order valence-electron chi connectivity index (χ1n) is 4.95. The number of aliphatic imine (C=N–C) groups is 1. The van der Waals surface area contributed by atoms with Crippen LogP contribution in [0.1, 0.15) is 13.3 Å². The van der Waals surface area contributed by atoms with E-state index in [1.54, 1.807) is 11.9 Å². The number of fused-ring (bicyclic) bond motifs is 1. The van der Waals surface area contributed by atoms with Gasteiger partial charge in [0.15, 0.2) is 0 Å². The fourth-order valence-electron chi connectivity index (χ4n) is 1.97. The molecule has 0 aliphatic carbocycles. The van der Waals surface area contributed by atoms with E-state index in [9.17, 15) is 4.79 Å². The van der Waals surface area contributed by atoms with Gasteiger partial charge in [-0.15, -0.1) is 0 Å². The van der Waals surface area contributed by atoms with Crippen molar-refractivity contribution in [1.29, 1.82) is 0 Å². The predicted molar refractivity (Wildman–Crippen MR) is 53.8 cm³/mol. The molecule has 0 aromatic rings. The Morgan fingerprint density at radius 1 is 1.57 bits per heavy atom. The molecule has 2 aliphatic heterocycles. The lowest BCUT2D eigenvalue weighted by Crippen LogP contribution is -2.45. The quantitative estimate of drug-likeness (QED) is 0.553. The van der Waals surface area contributed by atoms with Crippen LogP contribution in [0.25, 0.3) is 0 Å². The number of hydrogen-bond acceptors (Lipinski definition) is 4. The lowest BCUT2D eigenvalue weighted by atomic mass is 10.2. The van der Waals surface area contributed by atoms with E-state index in [1.807, 2.05) is 0 Å². The summed E-state index contributed by atoms with van der Waals surface area (Å²) in [6, 6.07) is 0.0195. The second kappa shape index (κ2) is 3.24. The summed E-state index contributed by atoms with van der Waals surface area (Å²) in [5, 5.41) is 0. The largest absolute Gasteiger partial charge is 0.338 e. The van der Waals surface area contributed by atoms with Gasteiger partial charge in [0, 0.05) is 19.6 Å². The fraction of sp³-hybridized carbons (Fsp3) is 0.778. The highest BCUT2D eigenvalue weighted by Gasteiger charge is 2.34. The highest BCUT2D eigenvalue weighted by atomic mass is 16.2. The summed E-state index contributed by atoms with van der Waals surface area (Å²) in [6.45, 7) is 3.73. The molecule has 0 radical (unpaired) electrons. The van der Waals surface area contributed by atoms with Gasteiger partial charge in [0.2, 0.25) is 11.9 Å². The van der Waals surface area contributed by atoms with Crippen LogP contribution in [-0.4, -0.2) is 53.9 Å². The van der Waals surface area contributed by atoms with Crippen LogP contribution in [-0.2, 0) is 4.79 Å². The molecule has 0 spiro atoms. The molecule has 5 nitrogen and oxygen atoms in total. The molecule has 0 bridgehead atoms. The van der Waals surface area contributed by atoms with Crippen LogP contribution >= 0.6 is 0 Å². The molecule has 0 saturated carbocycles. The van der Waals surface area contributed by atoms with Gasteiger partial charge in [-0.2, -0.15) is 0 Å². The summed E-state index contributed by atoms with van der Waals surface area (Å²) in [5.41, 5.74) is 5.74. The minimum atomic E-state index is -0.375. The Morgan fingerprint density at radius 3 is 3.00 bits per heavy atom. The Morgan fingerprint density at radius 2 is 2.29 bits per heavy atom. The summed E-state index contributed by atoms with van der Waals surface area (Å²) in [7, 11) is 1.75. The maximum atomic E-state index is 11.7. The summed E-state index contributed by atoms with van der Waals surface area (Å²) < 4.78 is 0. The van der Waals surface area contributed by atoms with Crippen molar-refractivity contribution >= 4 is 11.9 Å². The molecule has 2 atom stereocenters. The second-order valence-electron chi connectivity index (χ2n) is 3.98. The van der Waals surface area contributed by atoms with Gasteiger partial charge >= 0.3 is 0 Å². The van der Waals surface area contributed by atoms with E-state index in [-0.39, 0.29) is 11.9 Å². The van der Waals surface area contributed by atoms with Crippen LogP contribution in [0.4, 0.5) is 0 Å². The number of amides is 1. The average molecular weight is 196 g/mol. The van der Waals surface area contributed by atoms with Gasteiger partial charge < -0.3 is 10.6 Å². The minimum Gasteiger partial charge on any atom is -0.338 e. The van der Waals surface area contributed by atoms with Gasteiger partial charge in [0.1, 0.15) is 0 Å². The third kappa shape index (κ3) is 1.28. The lowest BCUT2D eigenvalue weighted by molar-refractivity contribution is -0.127. The van der Waals surface area contributed by atoms with Crippen molar-refractivity contribution in [3.05, 3.63) is 0 Å². The number of nitrogens with two attached hydrogens (primary N) is 1. The first kappa shape index (κ1) is 9.45. The highest BCUT2D eigenvalue weighted by molar-refractivity contribution is 6.00. The smallest absolute Gasteiger partial charge is 0.245 e. The van der Waals surface area contributed by atoms with E-state index < -0.39 is 0 Å². The Hall–Kier alpha value is -1.10. The number of carbonyl (C=O) groups is 1. The average Bonchev–Trinajstić information content (AvgIpc) is 2.49. The van der Waals surface area contributed by atoms with E-state index in [2.05, 4.69) is 16.8 Å². The first-order chi connectivity index (χ1) is 6.61. The van der Waals surface area contributed by atoms with E-state index in [4.69, 9.17) is 5.73 Å². The molecule has 1 fully saturated rings. The summed E-state index contributed by atoms with van der Waals surface area (Å²) >= 11 is 0. The van der Waals surface area contributed by atoms with Gasteiger partial charge in [-0.1, -0.05) is 0 Å². The molecule has 1 amide bonds. The van der Waals surface area contributed by atoms with Crippen molar-refractivity contribution in [3.8, 4) is 0 Å². The number of nitrogens with zero attached hydrogens (tertiary/aromatic N) is 3. The molecule has 14 heavy (non-hydrogen) atoms. The van der Waals surface area contributed by atoms with Gasteiger partial charge in [0.05, 0.1) is 12.6 Å². The van der Waals surface area contributed by atoms with Gasteiger partial charge in [-0.3, -0.25) is 14.7 Å². The van der Waals surface area contributed by atoms with Crippen LogP contribution in [0.15, 0.2) is 4.99 Å². The molecule has 0 aromatic heterocycles. The number of rotatable bonds is 0. The molecule has 0 aromatic carbocycles.